The molecule has 21 heavy (non-hydrogen) atoms. The van der Waals surface area contributed by atoms with Crippen molar-refractivity contribution < 1.29 is 23.8 Å². The minimum absolute atomic E-state index is 0.00682. The first kappa shape index (κ1) is 14.5. The summed E-state index contributed by atoms with van der Waals surface area (Å²) in [6.07, 6.45) is 0. The summed E-state index contributed by atoms with van der Waals surface area (Å²) < 4.78 is 17.9. The third-order valence-corrected chi connectivity index (χ3v) is 2.62. The van der Waals surface area contributed by atoms with Crippen molar-refractivity contribution in [1.29, 1.82) is 0 Å². The Morgan fingerprint density at radius 1 is 1.10 bits per heavy atom. The van der Waals surface area contributed by atoms with Crippen LogP contribution in [0.5, 0.6) is 5.75 Å². The molecule has 6 heteroatoms. The molecule has 0 atom stereocenters. The number of carboxylic acids is 1. The van der Waals surface area contributed by atoms with E-state index in [1.54, 1.807) is 12.1 Å². The maximum Gasteiger partial charge on any atom is 0.337 e. The second kappa shape index (κ2) is 6.51. The fourth-order valence-electron chi connectivity index (χ4n) is 1.64. The predicted octanol–water partition coefficient (Wildman–Crippen LogP) is 2.54. The first-order chi connectivity index (χ1) is 10.1. The largest absolute Gasteiger partial charge is 0.484 e. The van der Waals surface area contributed by atoms with Crippen LogP contribution >= 0.6 is 0 Å². The van der Waals surface area contributed by atoms with E-state index in [0.29, 0.717) is 5.75 Å². The quantitative estimate of drug-likeness (QED) is 0.887. The van der Waals surface area contributed by atoms with Crippen molar-refractivity contribution in [1.82, 2.24) is 0 Å². The van der Waals surface area contributed by atoms with Crippen LogP contribution in [-0.4, -0.2) is 23.6 Å². The Bertz CT molecular complexity index is 655. The van der Waals surface area contributed by atoms with E-state index >= 15 is 0 Å². The lowest BCUT2D eigenvalue weighted by atomic mass is 10.2. The van der Waals surface area contributed by atoms with E-state index < -0.39 is 17.7 Å². The van der Waals surface area contributed by atoms with E-state index in [0.717, 1.165) is 0 Å². The lowest BCUT2D eigenvalue weighted by molar-refractivity contribution is -0.118. The molecule has 0 saturated heterocycles. The van der Waals surface area contributed by atoms with E-state index in [2.05, 4.69) is 5.32 Å². The summed E-state index contributed by atoms with van der Waals surface area (Å²) in [4.78, 5) is 22.7. The number of ether oxygens (including phenoxy) is 1. The van der Waals surface area contributed by atoms with E-state index in [4.69, 9.17) is 9.84 Å². The van der Waals surface area contributed by atoms with E-state index in [1.807, 2.05) is 0 Å². The van der Waals surface area contributed by atoms with Gasteiger partial charge in [-0.1, -0.05) is 12.1 Å². The zero-order chi connectivity index (χ0) is 15.2. The number of nitrogens with one attached hydrogen (secondary N) is 1. The van der Waals surface area contributed by atoms with Crippen LogP contribution in [0.3, 0.4) is 0 Å². The molecule has 2 rings (SSSR count). The number of amides is 1. The van der Waals surface area contributed by atoms with Crippen molar-refractivity contribution in [2.24, 2.45) is 0 Å². The van der Waals surface area contributed by atoms with E-state index in [1.165, 1.54) is 36.4 Å². The van der Waals surface area contributed by atoms with Gasteiger partial charge in [-0.3, -0.25) is 4.79 Å². The van der Waals surface area contributed by atoms with E-state index in [9.17, 15) is 14.0 Å². The molecule has 108 valence electrons. The second-order valence-corrected chi connectivity index (χ2v) is 4.14. The monoisotopic (exact) mass is 289 g/mol. The highest BCUT2D eigenvalue weighted by Crippen LogP contribution is 2.15. The molecule has 0 spiro atoms. The number of carboxylic acid groups (broad SMARTS) is 1. The standard InChI is InChI=1S/C15H12FNO4/c16-10-5-7-11(8-6-10)21-9-14(18)17-13-4-2-1-3-12(13)15(19)20/h1-8H,9H2,(H,17,18)(H,19,20). The summed E-state index contributed by atoms with van der Waals surface area (Å²) in [5, 5.41) is 11.4. The Hall–Kier alpha value is -2.89. The number of carbonyl (C=O) groups is 2. The van der Waals surface area contributed by atoms with Gasteiger partial charge in [0, 0.05) is 0 Å². The van der Waals surface area contributed by atoms with Crippen molar-refractivity contribution >= 4 is 17.6 Å². The van der Waals surface area contributed by atoms with Crippen LogP contribution in [0.25, 0.3) is 0 Å². The molecule has 0 heterocycles. The number of carbonyl (C=O) groups excluding carboxylic acids is 1. The number of anilines is 1. The molecular formula is C15H12FNO4. The minimum Gasteiger partial charge on any atom is -0.484 e. The number of halogens is 1. The minimum atomic E-state index is -1.13. The highest BCUT2D eigenvalue weighted by atomic mass is 19.1. The van der Waals surface area contributed by atoms with Crippen molar-refractivity contribution in [3.63, 3.8) is 0 Å². The molecule has 0 radical (unpaired) electrons. The highest BCUT2D eigenvalue weighted by molar-refractivity contribution is 6.00. The molecule has 0 aliphatic heterocycles. The summed E-state index contributed by atoms with van der Waals surface area (Å²) >= 11 is 0. The van der Waals surface area contributed by atoms with Gasteiger partial charge in [-0.05, 0) is 36.4 Å². The maximum atomic E-state index is 12.7. The van der Waals surface area contributed by atoms with Crippen molar-refractivity contribution in [2.45, 2.75) is 0 Å². The molecule has 2 aromatic rings. The van der Waals surface area contributed by atoms with Gasteiger partial charge in [0.15, 0.2) is 6.61 Å². The third-order valence-electron chi connectivity index (χ3n) is 2.62. The second-order valence-electron chi connectivity index (χ2n) is 4.14. The number of rotatable bonds is 5. The summed E-state index contributed by atoms with van der Waals surface area (Å²) in [5.41, 5.74) is 0.185. The molecule has 1 amide bonds. The maximum absolute atomic E-state index is 12.7. The van der Waals surface area contributed by atoms with Crippen LogP contribution in [0.2, 0.25) is 0 Å². The van der Waals surface area contributed by atoms with Gasteiger partial charge in [-0.2, -0.15) is 0 Å². The molecule has 5 nitrogen and oxygen atoms in total. The molecule has 0 aliphatic rings. The van der Waals surface area contributed by atoms with Gasteiger partial charge in [-0.15, -0.1) is 0 Å². The van der Waals surface area contributed by atoms with Gasteiger partial charge in [-0.25, -0.2) is 9.18 Å². The highest BCUT2D eigenvalue weighted by Gasteiger charge is 2.11. The van der Waals surface area contributed by atoms with Crippen LogP contribution in [0.15, 0.2) is 48.5 Å². The predicted molar refractivity (Wildman–Crippen MR) is 73.9 cm³/mol. The average molecular weight is 289 g/mol. The fourth-order valence-corrected chi connectivity index (χ4v) is 1.64. The molecule has 2 N–H and O–H groups in total. The zero-order valence-corrected chi connectivity index (χ0v) is 10.9. The van der Waals surface area contributed by atoms with Crippen molar-refractivity contribution in [3.05, 3.63) is 59.9 Å². The molecule has 0 aromatic heterocycles. The molecule has 2 aromatic carbocycles. The van der Waals surface area contributed by atoms with Gasteiger partial charge in [0.25, 0.3) is 5.91 Å². The Kier molecular flexibility index (Phi) is 4.50. The average Bonchev–Trinajstić information content (AvgIpc) is 2.47. The van der Waals surface area contributed by atoms with Crippen LogP contribution in [0.4, 0.5) is 10.1 Å². The summed E-state index contributed by atoms with van der Waals surface area (Å²) in [5.74, 6) is -1.70. The molecule has 0 unspecified atom stereocenters. The van der Waals surface area contributed by atoms with Gasteiger partial charge in [0.2, 0.25) is 0 Å². The molecule has 0 fully saturated rings. The van der Waals surface area contributed by atoms with Crippen molar-refractivity contribution in [3.8, 4) is 5.75 Å². The first-order valence-electron chi connectivity index (χ1n) is 6.07. The normalized spacial score (nSPS) is 9.95. The van der Waals surface area contributed by atoms with Gasteiger partial charge in [0.05, 0.1) is 11.3 Å². The van der Waals surface area contributed by atoms with Crippen LogP contribution in [-0.2, 0) is 4.79 Å². The summed E-state index contributed by atoms with van der Waals surface area (Å²) in [6.45, 7) is -0.306. The Morgan fingerprint density at radius 2 is 1.76 bits per heavy atom. The van der Waals surface area contributed by atoms with Crippen LogP contribution in [0.1, 0.15) is 10.4 Å². The Labute approximate surface area is 120 Å². The van der Waals surface area contributed by atoms with Gasteiger partial charge >= 0.3 is 5.97 Å². The Balaban J connectivity index is 1.96. The SMILES string of the molecule is O=C(COc1ccc(F)cc1)Nc1ccccc1C(=O)O. The van der Waals surface area contributed by atoms with Gasteiger partial charge < -0.3 is 15.2 Å². The zero-order valence-electron chi connectivity index (χ0n) is 10.9. The van der Waals surface area contributed by atoms with E-state index in [-0.39, 0.29) is 17.9 Å². The molecule has 0 saturated carbocycles. The smallest absolute Gasteiger partial charge is 0.337 e. The number of hydrogen-bond acceptors (Lipinski definition) is 3. The number of hydrogen-bond donors (Lipinski definition) is 2. The van der Waals surface area contributed by atoms with Crippen molar-refractivity contribution in [2.75, 3.05) is 11.9 Å². The first-order valence-corrected chi connectivity index (χ1v) is 6.07. The lowest BCUT2D eigenvalue weighted by Crippen LogP contribution is -2.21. The topological polar surface area (TPSA) is 75.6 Å². The Morgan fingerprint density at radius 3 is 2.43 bits per heavy atom. The summed E-state index contributed by atoms with van der Waals surface area (Å²) in [6, 6.07) is 11.3. The molecular weight excluding hydrogens is 277 g/mol. The number of para-hydroxylation sites is 1. The molecule has 0 bridgehead atoms. The number of benzene rings is 2. The van der Waals surface area contributed by atoms with Gasteiger partial charge in [0.1, 0.15) is 11.6 Å². The third kappa shape index (κ3) is 4.04. The number of aromatic carboxylic acids is 1. The van der Waals surface area contributed by atoms with Crippen LogP contribution in [0, 0.1) is 5.82 Å². The lowest BCUT2D eigenvalue weighted by Gasteiger charge is -2.09. The van der Waals surface area contributed by atoms with Crippen LogP contribution < -0.4 is 10.1 Å². The fraction of sp³-hybridized carbons (Fsp3) is 0.0667. The summed E-state index contributed by atoms with van der Waals surface area (Å²) in [7, 11) is 0. The molecule has 0 aliphatic carbocycles.